The molecular weight excluding hydrogens is 370 g/mol. The molecule has 6 nitrogen and oxygen atoms in total. The van der Waals surface area contributed by atoms with Crippen LogP contribution in [0.3, 0.4) is 0 Å². The number of aryl methyl sites for hydroxylation is 1. The van der Waals surface area contributed by atoms with Crippen molar-refractivity contribution >= 4 is 27.4 Å². The second-order valence-electron chi connectivity index (χ2n) is 7.93. The molecule has 3 heterocycles. The first-order valence-corrected chi connectivity index (χ1v) is 11.0. The van der Waals surface area contributed by atoms with E-state index in [-0.39, 0.29) is 5.75 Å². The Balaban J connectivity index is 1.35. The van der Waals surface area contributed by atoms with Crippen LogP contribution in [0.15, 0.2) is 23.6 Å². The number of phenolic OH excluding ortho intramolecular Hbond substituents is 1. The molecule has 0 radical (unpaired) electrons. The van der Waals surface area contributed by atoms with Crippen LogP contribution >= 0.6 is 11.3 Å². The van der Waals surface area contributed by atoms with Crippen molar-refractivity contribution in [2.24, 2.45) is 0 Å². The molecule has 1 saturated heterocycles. The van der Waals surface area contributed by atoms with E-state index in [2.05, 4.69) is 25.4 Å². The number of thiophene rings is 1. The topological polar surface area (TPSA) is 74.2 Å². The number of rotatable bonds is 4. The van der Waals surface area contributed by atoms with Gasteiger partial charge in [-0.1, -0.05) is 6.42 Å². The third kappa shape index (κ3) is 3.22. The van der Waals surface area contributed by atoms with Gasteiger partial charge in [-0.2, -0.15) is 0 Å². The Morgan fingerprint density at radius 2 is 2.04 bits per heavy atom. The van der Waals surface area contributed by atoms with E-state index in [1.807, 2.05) is 30.5 Å². The zero-order valence-electron chi connectivity index (χ0n) is 16.1. The third-order valence-electron chi connectivity index (χ3n) is 6.10. The normalized spacial score (nSPS) is 21.0. The number of phenols is 1. The van der Waals surface area contributed by atoms with Gasteiger partial charge in [-0.15, -0.1) is 21.5 Å². The van der Waals surface area contributed by atoms with Crippen LogP contribution in [0.1, 0.15) is 37.8 Å². The van der Waals surface area contributed by atoms with Gasteiger partial charge in [0, 0.05) is 34.3 Å². The number of piperidine rings is 1. The van der Waals surface area contributed by atoms with Crippen molar-refractivity contribution < 1.29 is 5.11 Å². The van der Waals surface area contributed by atoms with Crippen LogP contribution in [-0.4, -0.2) is 50.4 Å². The van der Waals surface area contributed by atoms with Gasteiger partial charge >= 0.3 is 0 Å². The number of hydrogen-bond acceptors (Lipinski definition) is 7. The second kappa shape index (κ2) is 7.29. The van der Waals surface area contributed by atoms with Crippen molar-refractivity contribution in [3.05, 3.63) is 29.3 Å². The van der Waals surface area contributed by atoms with Crippen LogP contribution in [0.4, 0.5) is 5.95 Å². The molecule has 3 aromatic rings. The fraction of sp³-hybridized carbons (Fsp3) is 0.476. The SMILES string of the molecule is Cc1nc(N[C@@H]2CCCN(C3CCC3)C2)nnc1-c1ccc2sccc2c1O. The number of anilines is 1. The minimum absolute atomic E-state index is 0.252. The van der Waals surface area contributed by atoms with Gasteiger partial charge in [0.15, 0.2) is 0 Å². The van der Waals surface area contributed by atoms with E-state index in [9.17, 15) is 5.11 Å². The van der Waals surface area contributed by atoms with Gasteiger partial charge in [0.1, 0.15) is 11.4 Å². The first kappa shape index (κ1) is 17.8. The van der Waals surface area contributed by atoms with Crippen molar-refractivity contribution in [3.63, 3.8) is 0 Å². The third-order valence-corrected chi connectivity index (χ3v) is 6.98. The highest BCUT2D eigenvalue weighted by molar-refractivity contribution is 7.17. The van der Waals surface area contributed by atoms with Gasteiger partial charge in [0.25, 0.3) is 0 Å². The molecule has 5 rings (SSSR count). The molecule has 2 aromatic heterocycles. The minimum Gasteiger partial charge on any atom is -0.507 e. The average Bonchev–Trinajstić information content (AvgIpc) is 3.12. The number of fused-ring (bicyclic) bond motifs is 1. The summed E-state index contributed by atoms with van der Waals surface area (Å²) in [6.45, 7) is 4.20. The smallest absolute Gasteiger partial charge is 0.243 e. The fourth-order valence-corrected chi connectivity index (χ4v) is 5.11. The van der Waals surface area contributed by atoms with E-state index in [0.29, 0.717) is 23.2 Å². The molecule has 1 aliphatic carbocycles. The minimum atomic E-state index is 0.252. The van der Waals surface area contributed by atoms with E-state index in [1.165, 1.54) is 32.2 Å². The lowest BCUT2D eigenvalue weighted by atomic mass is 9.89. The van der Waals surface area contributed by atoms with Crippen LogP contribution in [-0.2, 0) is 0 Å². The molecule has 0 unspecified atom stereocenters. The van der Waals surface area contributed by atoms with Crippen LogP contribution in [0.2, 0.25) is 0 Å². The van der Waals surface area contributed by atoms with Crippen LogP contribution in [0.5, 0.6) is 5.75 Å². The van der Waals surface area contributed by atoms with Crippen molar-refractivity contribution in [2.45, 2.75) is 51.1 Å². The van der Waals surface area contributed by atoms with E-state index >= 15 is 0 Å². The van der Waals surface area contributed by atoms with Crippen molar-refractivity contribution in [2.75, 3.05) is 18.4 Å². The van der Waals surface area contributed by atoms with Gasteiger partial charge in [0.2, 0.25) is 5.95 Å². The Kier molecular flexibility index (Phi) is 4.64. The lowest BCUT2D eigenvalue weighted by molar-refractivity contribution is 0.0989. The number of nitrogens with one attached hydrogen (secondary N) is 1. The van der Waals surface area contributed by atoms with Crippen molar-refractivity contribution in [1.82, 2.24) is 20.1 Å². The van der Waals surface area contributed by atoms with Gasteiger partial charge in [0.05, 0.1) is 5.69 Å². The lowest BCUT2D eigenvalue weighted by Gasteiger charge is -2.42. The predicted octanol–water partition coefficient (Wildman–Crippen LogP) is 4.20. The summed E-state index contributed by atoms with van der Waals surface area (Å²) in [5.74, 6) is 0.833. The maximum atomic E-state index is 10.6. The summed E-state index contributed by atoms with van der Waals surface area (Å²) in [6, 6.07) is 7.00. The monoisotopic (exact) mass is 395 g/mol. The largest absolute Gasteiger partial charge is 0.507 e. The summed E-state index contributed by atoms with van der Waals surface area (Å²) in [7, 11) is 0. The van der Waals surface area contributed by atoms with Gasteiger partial charge in [-0.3, -0.25) is 4.90 Å². The summed E-state index contributed by atoms with van der Waals surface area (Å²) in [4.78, 5) is 7.26. The maximum absolute atomic E-state index is 10.6. The molecule has 2 aliphatic rings. The summed E-state index contributed by atoms with van der Waals surface area (Å²) in [6.07, 6.45) is 6.42. The number of aromatic hydroxyl groups is 1. The van der Waals surface area contributed by atoms with Gasteiger partial charge in [-0.05, 0) is 62.7 Å². The molecule has 0 bridgehead atoms. The molecule has 0 spiro atoms. The van der Waals surface area contributed by atoms with Crippen LogP contribution < -0.4 is 5.32 Å². The molecular formula is C21H25N5OS. The lowest BCUT2D eigenvalue weighted by Crippen LogP contribution is -2.49. The Morgan fingerprint density at radius 1 is 1.14 bits per heavy atom. The zero-order valence-corrected chi connectivity index (χ0v) is 16.9. The highest BCUT2D eigenvalue weighted by atomic mass is 32.1. The average molecular weight is 396 g/mol. The van der Waals surface area contributed by atoms with E-state index in [4.69, 9.17) is 0 Å². The number of aromatic nitrogens is 3. The predicted molar refractivity (Wildman–Crippen MR) is 113 cm³/mol. The molecule has 1 aliphatic heterocycles. The maximum Gasteiger partial charge on any atom is 0.243 e. The Morgan fingerprint density at radius 3 is 2.82 bits per heavy atom. The Bertz CT molecular complexity index is 1000. The number of nitrogens with zero attached hydrogens (tertiary/aromatic N) is 4. The molecule has 7 heteroatoms. The molecule has 0 amide bonds. The van der Waals surface area contributed by atoms with Gasteiger partial charge < -0.3 is 10.4 Å². The van der Waals surface area contributed by atoms with Crippen molar-refractivity contribution in [1.29, 1.82) is 0 Å². The molecule has 146 valence electrons. The molecule has 28 heavy (non-hydrogen) atoms. The highest BCUT2D eigenvalue weighted by Gasteiger charge is 2.29. The number of benzene rings is 1. The first-order chi connectivity index (χ1) is 13.7. The van der Waals surface area contributed by atoms with Crippen LogP contribution in [0, 0.1) is 6.92 Å². The first-order valence-electron chi connectivity index (χ1n) is 10.1. The highest BCUT2D eigenvalue weighted by Crippen LogP contribution is 2.38. The Hall–Kier alpha value is -2.25. The Labute approximate surface area is 168 Å². The standard InChI is InChI=1S/C21H25N5OS/c1-13-19(17-7-8-18-16(20(17)27)9-11-28-18)24-25-21(22-13)23-14-4-3-10-26(12-14)15-5-2-6-15/h7-9,11,14-15,27H,2-6,10,12H2,1H3,(H,22,23,25)/t14-/m1/s1. The van der Waals surface area contributed by atoms with E-state index < -0.39 is 0 Å². The summed E-state index contributed by atoms with van der Waals surface area (Å²) < 4.78 is 1.06. The van der Waals surface area contributed by atoms with E-state index in [0.717, 1.165) is 34.8 Å². The molecule has 2 N–H and O–H groups in total. The summed E-state index contributed by atoms with van der Waals surface area (Å²) in [5, 5.41) is 25.7. The van der Waals surface area contributed by atoms with Gasteiger partial charge in [-0.25, -0.2) is 4.98 Å². The molecule has 1 atom stereocenters. The molecule has 1 saturated carbocycles. The zero-order chi connectivity index (χ0) is 19.1. The summed E-state index contributed by atoms with van der Waals surface area (Å²) >= 11 is 1.61. The second-order valence-corrected chi connectivity index (χ2v) is 8.87. The van der Waals surface area contributed by atoms with Crippen LogP contribution in [0.25, 0.3) is 21.3 Å². The van der Waals surface area contributed by atoms with E-state index in [1.54, 1.807) is 11.3 Å². The quantitative estimate of drug-likeness (QED) is 0.690. The summed E-state index contributed by atoms with van der Waals surface area (Å²) in [5.41, 5.74) is 2.09. The fourth-order valence-electron chi connectivity index (χ4n) is 4.32. The molecule has 2 fully saturated rings. The van der Waals surface area contributed by atoms with Crippen molar-refractivity contribution in [3.8, 4) is 17.0 Å². The number of likely N-dealkylation sites (tertiary alicyclic amines) is 1. The molecule has 1 aromatic carbocycles. The number of hydrogen-bond donors (Lipinski definition) is 2.